The number of nitrogens with two attached hydrogens (primary N) is 1. The summed E-state index contributed by atoms with van der Waals surface area (Å²) in [5, 5.41) is 3.41. The molecule has 0 atom stereocenters. The molecular weight excluding hydrogens is 248 g/mol. The molecule has 2 aromatic carbocycles. The van der Waals surface area contributed by atoms with Gasteiger partial charge in [-0.2, -0.15) is 0 Å². The highest BCUT2D eigenvalue weighted by Gasteiger charge is 2.06. The van der Waals surface area contributed by atoms with Gasteiger partial charge < -0.3 is 11.1 Å². The Morgan fingerprint density at radius 1 is 1.17 bits per heavy atom. The Labute approximate surface area is 111 Å². The van der Waals surface area contributed by atoms with Gasteiger partial charge in [-0.05, 0) is 55.0 Å². The molecule has 1 amide bonds. The van der Waals surface area contributed by atoms with Gasteiger partial charge in [0.2, 0.25) is 0 Å². The van der Waals surface area contributed by atoms with Crippen molar-refractivity contribution >= 4 is 28.9 Å². The van der Waals surface area contributed by atoms with E-state index in [1.165, 1.54) is 0 Å². The molecule has 0 heterocycles. The Morgan fingerprint density at radius 2 is 1.83 bits per heavy atom. The zero-order valence-electron chi connectivity index (χ0n) is 9.91. The Hall–Kier alpha value is -2.00. The quantitative estimate of drug-likeness (QED) is 0.812. The first-order valence-electron chi connectivity index (χ1n) is 5.49. The van der Waals surface area contributed by atoms with Gasteiger partial charge in [0.05, 0.1) is 0 Å². The van der Waals surface area contributed by atoms with Crippen LogP contribution in [0, 0.1) is 6.92 Å². The summed E-state index contributed by atoms with van der Waals surface area (Å²) in [4.78, 5) is 11.9. The number of nitrogens with one attached hydrogen (secondary N) is 1. The van der Waals surface area contributed by atoms with E-state index in [1.807, 2.05) is 13.0 Å². The van der Waals surface area contributed by atoms with Crippen molar-refractivity contribution in [1.82, 2.24) is 0 Å². The van der Waals surface area contributed by atoms with Crippen molar-refractivity contribution in [3.63, 3.8) is 0 Å². The van der Waals surface area contributed by atoms with Crippen LogP contribution in [0.2, 0.25) is 5.02 Å². The molecule has 0 aliphatic rings. The van der Waals surface area contributed by atoms with Crippen molar-refractivity contribution < 1.29 is 4.79 Å². The number of anilines is 2. The maximum atomic E-state index is 11.9. The van der Waals surface area contributed by atoms with Crippen LogP contribution < -0.4 is 11.1 Å². The summed E-state index contributed by atoms with van der Waals surface area (Å²) in [5.74, 6) is -0.171. The maximum absolute atomic E-state index is 11.9. The van der Waals surface area contributed by atoms with Gasteiger partial charge in [0, 0.05) is 22.0 Å². The SMILES string of the molecule is Cc1cc(NC(=O)c2ccc(Cl)cc2)ccc1N. The van der Waals surface area contributed by atoms with E-state index in [4.69, 9.17) is 17.3 Å². The molecule has 0 aromatic heterocycles. The number of aryl methyl sites for hydroxylation is 1. The number of hydrogen-bond donors (Lipinski definition) is 2. The van der Waals surface area contributed by atoms with E-state index in [-0.39, 0.29) is 5.91 Å². The average molecular weight is 261 g/mol. The van der Waals surface area contributed by atoms with E-state index in [9.17, 15) is 4.79 Å². The lowest BCUT2D eigenvalue weighted by Crippen LogP contribution is -2.11. The Morgan fingerprint density at radius 3 is 2.44 bits per heavy atom. The van der Waals surface area contributed by atoms with Gasteiger partial charge >= 0.3 is 0 Å². The monoisotopic (exact) mass is 260 g/mol. The summed E-state index contributed by atoms with van der Waals surface area (Å²) >= 11 is 5.77. The van der Waals surface area contributed by atoms with E-state index in [0.717, 1.165) is 11.3 Å². The Balaban J connectivity index is 2.16. The Kier molecular flexibility index (Phi) is 3.53. The summed E-state index contributed by atoms with van der Waals surface area (Å²) in [6.07, 6.45) is 0. The first kappa shape index (κ1) is 12.5. The number of benzene rings is 2. The number of rotatable bonds is 2. The summed E-state index contributed by atoms with van der Waals surface area (Å²) in [6, 6.07) is 12.1. The normalized spacial score (nSPS) is 10.1. The van der Waals surface area contributed by atoms with E-state index in [2.05, 4.69) is 5.32 Å². The Bertz CT molecular complexity index is 579. The summed E-state index contributed by atoms with van der Waals surface area (Å²) in [7, 11) is 0. The van der Waals surface area contributed by atoms with Crippen molar-refractivity contribution in [3.05, 3.63) is 58.6 Å². The van der Waals surface area contributed by atoms with Crippen molar-refractivity contribution in [2.24, 2.45) is 0 Å². The van der Waals surface area contributed by atoms with E-state index in [1.54, 1.807) is 36.4 Å². The van der Waals surface area contributed by atoms with Crippen LogP contribution >= 0.6 is 11.6 Å². The van der Waals surface area contributed by atoms with Gasteiger partial charge in [-0.15, -0.1) is 0 Å². The molecular formula is C14H13ClN2O. The molecule has 3 nitrogen and oxygen atoms in total. The van der Waals surface area contributed by atoms with Crippen LogP contribution in [-0.4, -0.2) is 5.91 Å². The van der Waals surface area contributed by atoms with E-state index >= 15 is 0 Å². The van der Waals surface area contributed by atoms with Gasteiger partial charge in [0.15, 0.2) is 0 Å². The maximum Gasteiger partial charge on any atom is 0.255 e. The van der Waals surface area contributed by atoms with Crippen LogP contribution in [0.5, 0.6) is 0 Å². The van der Waals surface area contributed by atoms with Crippen LogP contribution in [-0.2, 0) is 0 Å². The number of carbonyl (C=O) groups is 1. The molecule has 0 fully saturated rings. The third-order valence-corrected chi connectivity index (χ3v) is 2.89. The molecule has 0 saturated carbocycles. The fourth-order valence-electron chi connectivity index (χ4n) is 1.56. The van der Waals surface area contributed by atoms with Crippen LogP contribution in [0.1, 0.15) is 15.9 Å². The molecule has 92 valence electrons. The second kappa shape index (κ2) is 5.10. The van der Waals surface area contributed by atoms with Gasteiger partial charge in [0.25, 0.3) is 5.91 Å². The van der Waals surface area contributed by atoms with Gasteiger partial charge in [-0.25, -0.2) is 0 Å². The average Bonchev–Trinajstić information content (AvgIpc) is 2.34. The van der Waals surface area contributed by atoms with Crippen molar-refractivity contribution in [2.75, 3.05) is 11.1 Å². The number of halogens is 1. The molecule has 0 saturated heterocycles. The number of carbonyl (C=O) groups excluding carboxylic acids is 1. The largest absolute Gasteiger partial charge is 0.399 e. The predicted octanol–water partition coefficient (Wildman–Crippen LogP) is 3.48. The van der Waals surface area contributed by atoms with Crippen LogP contribution in [0.25, 0.3) is 0 Å². The standard InChI is InChI=1S/C14H13ClN2O/c1-9-8-12(6-7-13(9)16)17-14(18)10-2-4-11(15)5-3-10/h2-8H,16H2,1H3,(H,17,18). The lowest BCUT2D eigenvalue weighted by atomic mass is 10.1. The summed E-state index contributed by atoms with van der Waals surface area (Å²) in [5.41, 5.74) is 8.65. The highest BCUT2D eigenvalue weighted by Crippen LogP contribution is 2.17. The number of amides is 1. The molecule has 0 aliphatic heterocycles. The highest BCUT2D eigenvalue weighted by molar-refractivity contribution is 6.30. The second-order valence-electron chi connectivity index (χ2n) is 4.03. The first-order chi connectivity index (χ1) is 8.56. The molecule has 18 heavy (non-hydrogen) atoms. The van der Waals surface area contributed by atoms with Gasteiger partial charge in [0.1, 0.15) is 0 Å². The minimum atomic E-state index is -0.171. The molecule has 0 unspecified atom stereocenters. The number of hydrogen-bond acceptors (Lipinski definition) is 2. The molecule has 4 heteroatoms. The first-order valence-corrected chi connectivity index (χ1v) is 5.87. The summed E-state index contributed by atoms with van der Waals surface area (Å²) in [6.45, 7) is 1.90. The molecule has 0 radical (unpaired) electrons. The van der Waals surface area contributed by atoms with E-state index < -0.39 is 0 Å². The van der Waals surface area contributed by atoms with Gasteiger partial charge in [-0.3, -0.25) is 4.79 Å². The van der Waals surface area contributed by atoms with Crippen molar-refractivity contribution in [3.8, 4) is 0 Å². The zero-order valence-corrected chi connectivity index (χ0v) is 10.7. The van der Waals surface area contributed by atoms with E-state index in [0.29, 0.717) is 16.3 Å². The van der Waals surface area contributed by atoms with Crippen molar-refractivity contribution in [2.45, 2.75) is 6.92 Å². The molecule has 0 spiro atoms. The van der Waals surface area contributed by atoms with Crippen molar-refractivity contribution in [1.29, 1.82) is 0 Å². The minimum Gasteiger partial charge on any atom is -0.399 e. The molecule has 2 rings (SSSR count). The smallest absolute Gasteiger partial charge is 0.255 e. The van der Waals surface area contributed by atoms with Gasteiger partial charge in [-0.1, -0.05) is 11.6 Å². The number of nitrogen functional groups attached to an aromatic ring is 1. The third-order valence-electron chi connectivity index (χ3n) is 2.63. The predicted molar refractivity (Wildman–Crippen MR) is 75.0 cm³/mol. The molecule has 2 aromatic rings. The van der Waals surface area contributed by atoms with Crippen LogP contribution in [0.4, 0.5) is 11.4 Å². The topological polar surface area (TPSA) is 55.1 Å². The highest BCUT2D eigenvalue weighted by atomic mass is 35.5. The fourth-order valence-corrected chi connectivity index (χ4v) is 1.68. The molecule has 3 N–H and O–H groups in total. The second-order valence-corrected chi connectivity index (χ2v) is 4.47. The molecule has 0 bridgehead atoms. The lowest BCUT2D eigenvalue weighted by molar-refractivity contribution is 0.102. The van der Waals surface area contributed by atoms with Crippen LogP contribution in [0.3, 0.4) is 0 Å². The van der Waals surface area contributed by atoms with Crippen LogP contribution in [0.15, 0.2) is 42.5 Å². The third kappa shape index (κ3) is 2.81. The molecule has 0 aliphatic carbocycles. The summed E-state index contributed by atoms with van der Waals surface area (Å²) < 4.78 is 0. The zero-order chi connectivity index (χ0) is 13.1. The fraction of sp³-hybridized carbons (Fsp3) is 0.0714. The minimum absolute atomic E-state index is 0.171. The lowest BCUT2D eigenvalue weighted by Gasteiger charge is -2.07.